The van der Waals surface area contributed by atoms with E-state index in [2.05, 4.69) is 11.8 Å². The number of unbranched alkanes of at least 4 members (excludes halogenated alkanes) is 2. The van der Waals surface area contributed by atoms with Gasteiger partial charge in [-0.05, 0) is 19.3 Å². The molecule has 2 nitrogen and oxygen atoms in total. The molecule has 1 fully saturated rings. The molecule has 0 unspecified atom stereocenters. The van der Waals surface area contributed by atoms with Gasteiger partial charge in [0.25, 0.3) is 0 Å². The Morgan fingerprint density at radius 1 is 1.27 bits per heavy atom. The minimum Gasteiger partial charge on any atom is -0.366 e. The first-order chi connectivity index (χ1) is 7.38. The first kappa shape index (κ1) is 12.3. The van der Waals surface area contributed by atoms with Crippen LogP contribution in [0.1, 0.15) is 58.3 Å². The fourth-order valence-corrected chi connectivity index (χ4v) is 2.38. The Balaban J connectivity index is 2.37. The van der Waals surface area contributed by atoms with Gasteiger partial charge in [0.2, 0.25) is 0 Å². The topological polar surface area (TPSA) is 20.3 Å². The molecule has 0 aliphatic heterocycles. The average Bonchev–Trinajstić information content (AvgIpc) is 2.29. The Morgan fingerprint density at radius 3 is 2.60 bits per heavy atom. The molecule has 0 aromatic rings. The van der Waals surface area contributed by atoms with Crippen molar-refractivity contribution in [1.29, 1.82) is 0 Å². The zero-order chi connectivity index (χ0) is 10.9. The molecular weight excluding hydrogens is 186 g/mol. The minimum atomic E-state index is 0.608. The smallest absolute Gasteiger partial charge is 0.142 e. The monoisotopic (exact) mass is 209 g/mol. The summed E-state index contributed by atoms with van der Waals surface area (Å²) in [5.74, 6) is 1.94. The summed E-state index contributed by atoms with van der Waals surface area (Å²) >= 11 is 0. The van der Waals surface area contributed by atoms with Gasteiger partial charge in [-0.1, -0.05) is 39.0 Å². The Labute approximate surface area is 93.3 Å². The summed E-state index contributed by atoms with van der Waals surface area (Å²) in [5.41, 5.74) is 0. The number of nitrogens with zero attached hydrogens (tertiary/aromatic N) is 1. The lowest BCUT2D eigenvalue weighted by molar-refractivity contribution is 0.215. The van der Waals surface area contributed by atoms with E-state index in [-0.39, 0.29) is 0 Å². The van der Waals surface area contributed by atoms with Crippen molar-refractivity contribution in [3.8, 4) is 0 Å². The van der Waals surface area contributed by atoms with Gasteiger partial charge in [0.15, 0.2) is 0 Å². The van der Waals surface area contributed by atoms with E-state index in [1.54, 1.807) is 6.20 Å². The second-order valence-corrected chi connectivity index (χ2v) is 4.48. The van der Waals surface area contributed by atoms with Gasteiger partial charge in [-0.15, -0.1) is 0 Å². The molecule has 2 heteroatoms. The zero-order valence-electron chi connectivity index (χ0n) is 9.87. The summed E-state index contributed by atoms with van der Waals surface area (Å²) in [7, 11) is 0. The second-order valence-electron chi connectivity index (χ2n) is 4.48. The summed E-state index contributed by atoms with van der Waals surface area (Å²) in [6, 6.07) is 0.608. The van der Waals surface area contributed by atoms with Crippen LogP contribution in [0, 0.1) is 0 Å². The van der Waals surface area contributed by atoms with E-state index >= 15 is 0 Å². The van der Waals surface area contributed by atoms with Crippen LogP contribution >= 0.6 is 0 Å². The van der Waals surface area contributed by atoms with Crippen LogP contribution < -0.4 is 0 Å². The van der Waals surface area contributed by atoms with Crippen LogP contribution in [0.2, 0.25) is 0 Å². The lowest BCUT2D eigenvalue weighted by Crippen LogP contribution is -2.33. The van der Waals surface area contributed by atoms with E-state index in [1.165, 1.54) is 51.4 Å². The third-order valence-corrected chi connectivity index (χ3v) is 3.28. The largest absolute Gasteiger partial charge is 0.366 e. The van der Waals surface area contributed by atoms with E-state index in [9.17, 15) is 4.79 Å². The number of rotatable bonds is 6. The summed E-state index contributed by atoms with van der Waals surface area (Å²) in [4.78, 5) is 12.7. The van der Waals surface area contributed by atoms with Crippen molar-refractivity contribution >= 4 is 5.94 Å². The molecule has 1 saturated carbocycles. The molecule has 0 heterocycles. The highest BCUT2D eigenvalue weighted by molar-refractivity contribution is 5.44. The van der Waals surface area contributed by atoms with Crippen LogP contribution in [0.25, 0.3) is 0 Å². The summed E-state index contributed by atoms with van der Waals surface area (Å²) in [5, 5.41) is 0. The molecule has 0 amide bonds. The first-order valence-electron chi connectivity index (χ1n) is 6.35. The molecule has 0 saturated heterocycles. The standard InChI is InChI=1S/C13H23NO/c1-2-3-7-10-14(11-12-15)13-8-5-4-6-9-13/h11,13H,2-10H2,1H3. The van der Waals surface area contributed by atoms with Crippen LogP contribution in [0.5, 0.6) is 0 Å². The van der Waals surface area contributed by atoms with Crippen LogP contribution in [0.4, 0.5) is 0 Å². The van der Waals surface area contributed by atoms with Gasteiger partial charge in [0.1, 0.15) is 5.94 Å². The van der Waals surface area contributed by atoms with Crippen LogP contribution in [0.3, 0.4) is 0 Å². The van der Waals surface area contributed by atoms with Crippen molar-refractivity contribution in [3.63, 3.8) is 0 Å². The predicted molar refractivity (Wildman–Crippen MR) is 63.4 cm³/mol. The van der Waals surface area contributed by atoms with E-state index in [0.29, 0.717) is 6.04 Å². The second kappa shape index (κ2) is 7.53. The first-order valence-corrected chi connectivity index (χ1v) is 6.35. The molecule has 1 aliphatic carbocycles. The fourth-order valence-electron chi connectivity index (χ4n) is 2.38. The molecule has 0 bridgehead atoms. The van der Waals surface area contributed by atoms with Gasteiger partial charge in [0.05, 0.1) is 6.20 Å². The Kier molecular flexibility index (Phi) is 6.18. The minimum absolute atomic E-state index is 0.608. The summed E-state index contributed by atoms with van der Waals surface area (Å²) in [6.45, 7) is 3.24. The van der Waals surface area contributed by atoms with Gasteiger partial charge in [0, 0.05) is 12.6 Å². The van der Waals surface area contributed by atoms with Crippen molar-refractivity contribution in [1.82, 2.24) is 4.90 Å². The molecule has 0 spiro atoms. The maximum Gasteiger partial charge on any atom is 0.142 e. The van der Waals surface area contributed by atoms with E-state index < -0.39 is 0 Å². The number of hydrogen-bond acceptors (Lipinski definition) is 2. The molecule has 0 radical (unpaired) electrons. The Hall–Kier alpha value is -0.750. The number of hydrogen-bond donors (Lipinski definition) is 0. The molecule has 15 heavy (non-hydrogen) atoms. The van der Waals surface area contributed by atoms with E-state index in [1.807, 2.05) is 5.94 Å². The van der Waals surface area contributed by atoms with Crippen LogP contribution in [0.15, 0.2) is 6.20 Å². The van der Waals surface area contributed by atoms with Gasteiger partial charge >= 0.3 is 0 Å². The molecule has 0 aromatic heterocycles. The third-order valence-electron chi connectivity index (χ3n) is 3.28. The third kappa shape index (κ3) is 4.53. The molecule has 0 aromatic carbocycles. The van der Waals surface area contributed by atoms with Crippen molar-refractivity contribution in [3.05, 3.63) is 6.20 Å². The lowest BCUT2D eigenvalue weighted by Gasteiger charge is -2.32. The fraction of sp³-hybridized carbons (Fsp3) is 0.846. The summed E-state index contributed by atoms with van der Waals surface area (Å²) in [6.07, 6.45) is 11.8. The van der Waals surface area contributed by atoms with Crippen molar-refractivity contribution in [2.45, 2.75) is 64.3 Å². The SMILES string of the molecule is CCCCCN(C=C=O)C1CCCCC1. The lowest BCUT2D eigenvalue weighted by atomic mass is 9.94. The van der Waals surface area contributed by atoms with E-state index in [4.69, 9.17) is 0 Å². The predicted octanol–water partition coefficient (Wildman–Crippen LogP) is 3.16. The van der Waals surface area contributed by atoms with Gasteiger partial charge in [-0.3, -0.25) is 0 Å². The maximum atomic E-state index is 10.5. The maximum absolute atomic E-state index is 10.5. The molecule has 86 valence electrons. The van der Waals surface area contributed by atoms with Gasteiger partial charge in [-0.25, -0.2) is 4.79 Å². The van der Waals surface area contributed by atoms with Crippen molar-refractivity contribution in [2.24, 2.45) is 0 Å². The normalized spacial score (nSPS) is 17.1. The molecule has 0 atom stereocenters. The quantitative estimate of drug-likeness (QED) is 0.495. The van der Waals surface area contributed by atoms with Crippen LogP contribution in [-0.2, 0) is 4.79 Å². The number of carbonyl (C=O) groups excluding carboxylic acids is 1. The molecule has 1 aliphatic rings. The van der Waals surface area contributed by atoms with Crippen molar-refractivity contribution in [2.75, 3.05) is 6.54 Å². The molecule has 0 N–H and O–H groups in total. The Morgan fingerprint density at radius 2 is 2.00 bits per heavy atom. The Bertz CT molecular complexity index is 203. The van der Waals surface area contributed by atoms with E-state index in [0.717, 1.165) is 6.54 Å². The van der Waals surface area contributed by atoms with Crippen molar-refractivity contribution < 1.29 is 4.79 Å². The highest BCUT2D eigenvalue weighted by Gasteiger charge is 2.18. The van der Waals surface area contributed by atoms with Crippen LogP contribution in [-0.4, -0.2) is 23.4 Å². The van der Waals surface area contributed by atoms with Gasteiger partial charge in [-0.2, -0.15) is 0 Å². The molecule has 1 rings (SSSR count). The zero-order valence-corrected chi connectivity index (χ0v) is 9.87. The highest BCUT2D eigenvalue weighted by Crippen LogP contribution is 2.22. The summed E-state index contributed by atoms with van der Waals surface area (Å²) < 4.78 is 0. The highest BCUT2D eigenvalue weighted by atomic mass is 16.1. The van der Waals surface area contributed by atoms with Gasteiger partial charge < -0.3 is 4.90 Å². The average molecular weight is 209 g/mol. The molecular formula is C13H23NO.